The van der Waals surface area contributed by atoms with Gasteiger partial charge in [0.1, 0.15) is 5.60 Å². The Morgan fingerprint density at radius 1 is 0.696 bits per heavy atom. The molecule has 0 aromatic rings. The lowest BCUT2D eigenvalue weighted by Crippen LogP contribution is -2.39. The third-order valence-electron chi connectivity index (χ3n) is 5.16. The average Bonchev–Trinajstić information content (AvgIpc) is 2.55. The molecule has 0 radical (unpaired) electrons. The Kier molecular flexibility index (Phi) is 14.9. The SMILES string of the molecule is CCCCCCCCCCCCCCOC(CC)(CC)C(C)=O. The maximum atomic E-state index is 11.8. The topological polar surface area (TPSA) is 26.3 Å². The molecule has 23 heavy (non-hydrogen) atoms. The molecule has 2 heteroatoms. The van der Waals surface area contributed by atoms with Crippen LogP contribution in [0.2, 0.25) is 0 Å². The van der Waals surface area contributed by atoms with Crippen molar-refractivity contribution in [2.24, 2.45) is 0 Å². The first-order valence-electron chi connectivity index (χ1n) is 10.3. The highest BCUT2D eigenvalue weighted by molar-refractivity contribution is 5.84. The van der Waals surface area contributed by atoms with Crippen LogP contribution in [0.4, 0.5) is 0 Å². The van der Waals surface area contributed by atoms with Crippen molar-refractivity contribution in [2.75, 3.05) is 6.61 Å². The van der Waals surface area contributed by atoms with Gasteiger partial charge in [0, 0.05) is 6.61 Å². The number of ether oxygens (including phenoxy) is 1. The van der Waals surface area contributed by atoms with E-state index < -0.39 is 5.60 Å². The fourth-order valence-electron chi connectivity index (χ4n) is 3.26. The lowest BCUT2D eigenvalue weighted by Gasteiger charge is -2.29. The van der Waals surface area contributed by atoms with Crippen molar-refractivity contribution in [3.63, 3.8) is 0 Å². The molecule has 0 saturated carbocycles. The third-order valence-corrected chi connectivity index (χ3v) is 5.16. The molecule has 0 aromatic carbocycles. The highest BCUT2D eigenvalue weighted by Gasteiger charge is 2.31. The molecule has 138 valence electrons. The first-order chi connectivity index (χ1) is 11.1. The van der Waals surface area contributed by atoms with Gasteiger partial charge in [-0.15, -0.1) is 0 Å². The molecule has 2 nitrogen and oxygen atoms in total. The van der Waals surface area contributed by atoms with Gasteiger partial charge in [-0.3, -0.25) is 4.79 Å². The fraction of sp³-hybridized carbons (Fsp3) is 0.952. The first kappa shape index (κ1) is 22.6. The highest BCUT2D eigenvalue weighted by atomic mass is 16.5. The minimum absolute atomic E-state index is 0.182. The number of ketones is 1. The predicted octanol–water partition coefficient (Wildman–Crippen LogP) is 6.85. The van der Waals surface area contributed by atoms with Crippen molar-refractivity contribution in [3.8, 4) is 0 Å². The van der Waals surface area contributed by atoms with E-state index in [4.69, 9.17) is 4.74 Å². The Balaban J connectivity index is 3.41. The van der Waals surface area contributed by atoms with E-state index in [9.17, 15) is 4.79 Å². The van der Waals surface area contributed by atoms with Gasteiger partial charge in [0.15, 0.2) is 5.78 Å². The number of hydrogen-bond acceptors (Lipinski definition) is 2. The molecular formula is C21H42O2. The molecule has 0 aliphatic heterocycles. The second-order valence-electron chi connectivity index (χ2n) is 7.00. The molecule has 0 rings (SSSR count). The minimum atomic E-state index is -0.516. The van der Waals surface area contributed by atoms with Crippen LogP contribution in [0.1, 0.15) is 118 Å². The fourth-order valence-corrected chi connectivity index (χ4v) is 3.26. The molecule has 0 bridgehead atoms. The zero-order valence-electron chi connectivity index (χ0n) is 16.4. The van der Waals surface area contributed by atoms with Crippen LogP contribution in [0, 0.1) is 0 Å². The van der Waals surface area contributed by atoms with E-state index in [-0.39, 0.29) is 5.78 Å². The van der Waals surface area contributed by atoms with Crippen molar-refractivity contribution in [1.82, 2.24) is 0 Å². The molecule has 0 saturated heterocycles. The van der Waals surface area contributed by atoms with Crippen LogP contribution in [0.3, 0.4) is 0 Å². The van der Waals surface area contributed by atoms with Crippen molar-refractivity contribution < 1.29 is 9.53 Å². The average molecular weight is 327 g/mol. The largest absolute Gasteiger partial charge is 0.367 e. The quantitative estimate of drug-likeness (QED) is 0.273. The number of rotatable bonds is 17. The smallest absolute Gasteiger partial charge is 0.161 e. The normalized spacial score (nSPS) is 11.8. The Morgan fingerprint density at radius 3 is 1.43 bits per heavy atom. The summed E-state index contributed by atoms with van der Waals surface area (Å²) in [5.74, 6) is 0.182. The van der Waals surface area contributed by atoms with E-state index in [1.807, 2.05) is 13.8 Å². The summed E-state index contributed by atoms with van der Waals surface area (Å²) in [5.41, 5.74) is -0.516. The summed E-state index contributed by atoms with van der Waals surface area (Å²) in [4.78, 5) is 11.8. The first-order valence-corrected chi connectivity index (χ1v) is 10.3. The van der Waals surface area contributed by atoms with Gasteiger partial charge in [0.2, 0.25) is 0 Å². The number of carbonyl (C=O) groups excluding carboxylic acids is 1. The van der Waals surface area contributed by atoms with Gasteiger partial charge in [-0.2, -0.15) is 0 Å². The second kappa shape index (κ2) is 15.2. The molecule has 0 N–H and O–H groups in total. The summed E-state index contributed by atoms with van der Waals surface area (Å²) in [6, 6.07) is 0. The maximum absolute atomic E-state index is 11.8. The van der Waals surface area contributed by atoms with E-state index in [1.165, 1.54) is 70.6 Å². The number of Topliss-reactive ketones (excluding diaryl/α,β-unsaturated/α-hetero) is 1. The molecule has 0 aromatic heterocycles. The molecule has 0 spiro atoms. The Labute approximate surface area is 145 Å². The summed E-state index contributed by atoms with van der Waals surface area (Å²) in [6.45, 7) is 8.77. The van der Waals surface area contributed by atoms with Crippen molar-refractivity contribution >= 4 is 5.78 Å². The lowest BCUT2D eigenvalue weighted by molar-refractivity contribution is -0.144. The van der Waals surface area contributed by atoms with Crippen LogP contribution in [-0.4, -0.2) is 18.0 Å². The summed E-state index contributed by atoms with van der Waals surface area (Å²) in [7, 11) is 0. The Bertz CT molecular complexity index is 269. The molecular weight excluding hydrogens is 284 g/mol. The molecule has 0 unspecified atom stereocenters. The van der Waals surface area contributed by atoms with Crippen LogP contribution < -0.4 is 0 Å². The predicted molar refractivity (Wildman–Crippen MR) is 101 cm³/mol. The van der Waals surface area contributed by atoms with Crippen LogP contribution in [-0.2, 0) is 9.53 Å². The van der Waals surface area contributed by atoms with E-state index in [0.29, 0.717) is 0 Å². The standard InChI is InChI=1S/C21H42O2/c1-5-8-9-10-11-12-13-14-15-16-17-18-19-23-21(6-2,7-3)20(4)22/h5-19H2,1-4H3. The molecule has 0 heterocycles. The number of unbranched alkanes of at least 4 members (excludes halogenated alkanes) is 11. The van der Waals surface area contributed by atoms with Gasteiger partial charge in [0.25, 0.3) is 0 Å². The molecule has 0 fully saturated rings. The monoisotopic (exact) mass is 326 g/mol. The van der Waals surface area contributed by atoms with E-state index in [2.05, 4.69) is 6.92 Å². The van der Waals surface area contributed by atoms with Crippen molar-refractivity contribution in [3.05, 3.63) is 0 Å². The molecule has 0 aliphatic carbocycles. The number of hydrogen-bond donors (Lipinski definition) is 0. The molecule has 0 aliphatic rings. The van der Waals surface area contributed by atoms with E-state index in [0.717, 1.165) is 25.9 Å². The summed E-state index contributed by atoms with van der Waals surface area (Å²) in [6.07, 6.45) is 17.8. The van der Waals surface area contributed by atoms with E-state index in [1.54, 1.807) is 6.92 Å². The van der Waals surface area contributed by atoms with Crippen LogP contribution >= 0.6 is 0 Å². The number of carbonyl (C=O) groups is 1. The highest BCUT2D eigenvalue weighted by Crippen LogP contribution is 2.22. The second-order valence-corrected chi connectivity index (χ2v) is 7.00. The zero-order chi connectivity index (χ0) is 17.4. The van der Waals surface area contributed by atoms with Crippen molar-refractivity contribution in [2.45, 2.75) is 123 Å². The van der Waals surface area contributed by atoms with Crippen LogP contribution in [0.25, 0.3) is 0 Å². The van der Waals surface area contributed by atoms with Crippen molar-refractivity contribution in [1.29, 1.82) is 0 Å². The Hall–Kier alpha value is -0.370. The van der Waals surface area contributed by atoms with Crippen LogP contribution in [0.15, 0.2) is 0 Å². The van der Waals surface area contributed by atoms with Gasteiger partial charge >= 0.3 is 0 Å². The zero-order valence-corrected chi connectivity index (χ0v) is 16.4. The van der Waals surface area contributed by atoms with Gasteiger partial charge in [-0.05, 0) is 26.2 Å². The third kappa shape index (κ3) is 10.9. The molecule has 0 atom stereocenters. The van der Waals surface area contributed by atoms with Gasteiger partial charge in [0.05, 0.1) is 0 Å². The minimum Gasteiger partial charge on any atom is -0.367 e. The Morgan fingerprint density at radius 2 is 1.09 bits per heavy atom. The van der Waals surface area contributed by atoms with Crippen LogP contribution in [0.5, 0.6) is 0 Å². The van der Waals surface area contributed by atoms with Gasteiger partial charge in [-0.1, -0.05) is 91.4 Å². The molecule has 0 amide bonds. The summed E-state index contributed by atoms with van der Waals surface area (Å²) in [5, 5.41) is 0. The van der Waals surface area contributed by atoms with Gasteiger partial charge in [-0.25, -0.2) is 0 Å². The lowest BCUT2D eigenvalue weighted by atomic mass is 9.93. The summed E-state index contributed by atoms with van der Waals surface area (Å²) < 4.78 is 5.93. The van der Waals surface area contributed by atoms with E-state index >= 15 is 0 Å². The van der Waals surface area contributed by atoms with Gasteiger partial charge < -0.3 is 4.74 Å². The summed E-state index contributed by atoms with van der Waals surface area (Å²) >= 11 is 0. The maximum Gasteiger partial charge on any atom is 0.161 e.